The van der Waals surface area contributed by atoms with E-state index in [2.05, 4.69) is 34.2 Å². The molecule has 0 aromatic carbocycles. The van der Waals surface area contributed by atoms with Gasteiger partial charge in [0.05, 0.1) is 0 Å². The third kappa shape index (κ3) is 4.14. The Morgan fingerprint density at radius 1 is 1.44 bits per heavy atom. The average molecular weight is 222 g/mol. The molecule has 4 nitrogen and oxygen atoms in total. The fourth-order valence-corrected chi connectivity index (χ4v) is 1.47. The number of nitrogens with zero attached hydrogens (tertiary/aromatic N) is 3. The zero-order chi connectivity index (χ0) is 11.8. The van der Waals surface area contributed by atoms with Crippen molar-refractivity contribution in [3.8, 4) is 0 Å². The molecule has 0 unspecified atom stereocenters. The monoisotopic (exact) mass is 222 g/mol. The van der Waals surface area contributed by atoms with Crippen molar-refractivity contribution in [2.24, 2.45) is 0 Å². The van der Waals surface area contributed by atoms with Gasteiger partial charge >= 0.3 is 0 Å². The van der Waals surface area contributed by atoms with E-state index in [0.717, 1.165) is 31.2 Å². The normalized spacial score (nSPS) is 10.4. The molecule has 0 aliphatic heterocycles. The smallest absolute Gasteiger partial charge is 0.131 e. The van der Waals surface area contributed by atoms with Crippen LogP contribution in [0.5, 0.6) is 0 Å². The van der Waals surface area contributed by atoms with E-state index < -0.39 is 0 Å². The van der Waals surface area contributed by atoms with E-state index >= 15 is 0 Å². The summed E-state index contributed by atoms with van der Waals surface area (Å²) in [7, 11) is 4.02. The highest BCUT2D eigenvalue weighted by atomic mass is 15.2. The topological polar surface area (TPSA) is 41.1 Å². The summed E-state index contributed by atoms with van der Waals surface area (Å²) in [5, 5.41) is 3.11. The fraction of sp³-hybridized carbons (Fsp3) is 0.667. The van der Waals surface area contributed by atoms with E-state index in [0.29, 0.717) is 0 Å². The number of rotatable bonds is 7. The van der Waals surface area contributed by atoms with E-state index in [1.807, 2.05) is 19.3 Å². The molecule has 0 saturated carbocycles. The van der Waals surface area contributed by atoms with E-state index in [1.165, 1.54) is 12.8 Å². The number of anilines is 1. The van der Waals surface area contributed by atoms with Gasteiger partial charge in [0.25, 0.3) is 0 Å². The summed E-state index contributed by atoms with van der Waals surface area (Å²) in [5.41, 5.74) is 0. The molecule has 0 aliphatic rings. The van der Waals surface area contributed by atoms with Crippen LogP contribution in [0.3, 0.4) is 0 Å². The highest BCUT2D eigenvalue weighted by Gasteiger charge is 2.03. The fourth-order valence-electron chi connectivity index (χ4n) is 1.47. The summed E-state index contributed by atoms with van der Waals surface area (Å²) in [6.45, 7) is 4.17. The van der Waals surface area contributed by atoms with Crippen LogP contribution in [0.1, 0.15) is 25.6 Å². The van der Waals surface area contributed by atoms with Gasteiger partial charge in [-0.25, -0.2) is 9.97 Å². The minimum Gasteiger partial charge on any atom is -0.360 e. The molecule has 1 rings (SSSR count). The van der Waals surface area contributed by atoms with Crippen LogP contribution >= 0.6 is 0 Å². The van der Waals surface area contributed by atoms with Crippen LogP contribution in [0.4, 0.5) is 5.82 Å². The molecule has 0 radical (unpaired) electrons. The van der Waals surface area contributed by atoms with E-state index in [1.54, 1.807) is 0 Å². The average Bonchev–Trinajstić information content (AvgIpc) is 2.33. The minimum absolute atomic E-state index is 0.881. The van der Waals surface area contributed by atoms with Crippen LogP contribution in [0.15, 0.2) is 12.3 Å². The quantitative estimate of drug-likeness (QED) is 0.758. The van der Waals surface area contributed by atoms with E-state index in [-0.39, 0.29) is 0 Å². The van der Waals surface area contributed by atoms with Gasteiger partial charge in [0.15, 0.2) is 0 Å². The molecular weight excluding hydrogens is 200 g/mol. The van der Waals surface area contributed by atoms with Gasteiger partial charge < -0.3 is 10.2 Å². The minimum atomic E-state index is 0.881. The third-order valence-corrected chi connectivity index (χ3v) is 2.53. The number of unbranched alkanes of at least 4 members (excludes halogenated alkanes) is 1. The molecule has 4 heteroatoms. The van der Waals surface area contributed by atoms with Crippen LogP contribution in [0, 0.1) is 0 Å². The molecule has 1 heterocycles. The molecule has 90 valence electrons. The predicted octanol–water partition coefficient (Wildman–Crippen LogP) is 1.47. The maximum atomic E-state index is 4.54. The maximum Gasteiger partial charge on any atom is 0.131 e. The molecule has 0 fully saturated rings. The SMILES string of the molecule is CCCCN(C)c1ccnc(CCNC)n1. The predicted molar refractivity (Wildman–Crippen MR) is 67.8 cm³/mol. The standard InChI is InChI=1S/C12H22N4/c1-4-5-10-16(3)12-7-9-14-11(15-12)6-8-13-2/h7,9,13H,4-6,8,10H2,1-3H3. The Hall–Kier alpha value is -1.16. The Balaban J connectivity index is 2.58. The molecule has 0 amide bonds. The molecular formula is C12H22N4. The molecule has 16 heavy (non-hydrogen) atoms. The van der Waals surface area contributed by atoms with Gasteiger partial charge in [0.2, 0.25) is 0 Å². The molecule has 0 saturated heterocycles. The summed E-state index contributed by atoms with van der Waals surface area (Å²) in [6.07, 6.45) is 5.14. The summed E-state index contributed by atoms with van der Waals surface area (Å²) < 4.78 is 0. The van der Waals surface area contributed by atoms with Crippen LogP contribution in [-0.4, -0.2) is 37.2 Å². The third-order valence-electron chi connectivity index (χ3n) is 2.53. The summed E-state index contributed by atoms with van der Waals surface area (Å²) in [5.74, 6) is 1.93. The highest BCUT2D eigenvalue weighted by Crippen LogP contribution is 2.08. The van der Waals surface area contributed by atoms with Gasteiger partial charge in [-0.1, -0.05) is 13.3 Å². The second-order valence-electron chi connectivity index (χ2n) is 3.96. The Kier molecular flexibility index (Phi) is 5.78. The molecule has 0 aliphatic carbocycles. The lowest BCUT2D eigenvalue weighted by atomic mass is 10.3. The molecule has 1 N–H and O–H groups in total. The lowest BCUT2D eigenvalue weighted by Crippen LogP contribution is -2.20. The number of likely N-dealkylation sites (N-methyl/N-ethyl adjacent to an activating group) is 1. The van der Waals surface area contributed by atoms with Crippen molar-refractivity contribution < 1.29 is 0 Å². The molecule has 0 spiro atoms. The second kappa shape index (κ2) is 7.17. The van der Waals surface area contributed by atoms with Gasteiger partial charge in [-0.15, -0.1) is 0 Å². The van der Waals surface area contributed by atoms with Crippen molar-refractivity contribution >= 4 is 5.82 Å². The van der Waals surface area contributed by atoms with Gasteiger partial charge in [0.1, 0.15) is 11.6 Å². The largest absolute Gasteiger partial charge is 0.360 e. The summed E-state index contributed by atoms with van der Waals surface area (Å²) in [4.78, 5) is 11.0. The van der Waals surface area contributed by atoms with Crippen molar-refractivity contribution in [3.05, 3.63) is 18.1 Å². The van der Waals surface area contributed by atoms with Crippen LogP contribution in [0.2, 0.25) is 0 Å². The highest BCUT2D eigenvalue weighted by molar-refractivity contribution is 5.35. The zero-order valence-corrected chi connectivity index (χ0v) is 10.5. The van der Waals surface area contributed by atoms with Crippen molar-refractivity contribution in [3.63, 3.8) is 0 Å². The van der Waals surface area contributed by atoms with E-state index in [9.17, 15) is 0 Å². The van der Waals surface area contributed by atoms with Gasteiger partial charge in [-0.3, -0.25) is 0 Å². The number of hydrogen-bond donors (Lipinski definition) is 1. The van der Waals surface area contributed by atoms with Gasteiger partial charge in [-0.2, -0.15) is 0 Å². The first kappa shape index (κ1) is 12.9. The van der Waals surface area contributed by atoms with Crippen LogP contribution in [0.25, 0.3) is 0 Å². The Morgan fingerprint density at radius 2 is 2.25 bits per heavy atom. The van der Waals surface area contributed by atoms with Crippen molar-refractivity contribution in [2.75, 3.05) is 32.1 Å². The molecule has 1 aromatic rings. The van der Waals surface area contributed by atoms with Crippen molar-refractivity contribution in [2.45, 2.75) is 26.2 Å². The first-order chi connectivity index (χ1) is 7.77. The number of nitrogens with one attached hydrogen (secondary N) is 1. The van der Waals surface area contributed by atoms with Gasteiger partial charge in [0, 0.05) is 32.8 Å². The van der Waals surface area contributed by atoms with Gasteiger partial charge in [-0.05, 0) is 19.5 Å². The Morgan fingerprint density at radius 3 is 2.94 bits per heavy atom. The lowest BCUT2D eigenvalue weighted by molar-refractivity contribution is 0.735. The number of hydrogen-bond acceptors (Lipinski definition) is 4. The Bertz CT molecular complexity index is 301. The van der Waals surface area contributed by atoms with E-state index in [4.69, 9.17) is 0 Å². The van der Waals surface area contributed by atoms with Crippen LogP contribution in [-0.2, 0) is 6.42 Å². The second-order valence-corrected chi connectivity index (χ2v) is 3.96. The summed E-state index contributed by atoms with van der Waals surface area (Å²) >= 11 is 0. The maximum absolute atomic E-state index is 4.54. The van der Waals surface area contributed by atoms with Crippen LogP contribution < -0.4 is 10.2 Å². The van der Waals surface area contributed by atoms with Crippen molar-refractivity contribution in [1.29, 1.82) is 0 Å². The molecule has 0 bridgehead atoms. The number of aromatic nitrogens is 2. The molecule has 1 aromatic heterocycles. The van der Waals surface area contributed by atoms with Crippen molar-refractivity contribution in [1.82, 2.24) is 15.3 Å². The molecule has 0 atom stereocenters. The first-order valence-electron chi connectivity index (χ1n) is 5.95. The summed E-state index contributed by atoms with van der Waals surface area (Å²) in [6, 6.07) is 1.97. The first-order valence-corrected chi connectivity index (χ1v) is 5.95. The Labute approximate surface area is 98.1 Å². The lowest BCUT2D eigenvalue weighted by Gasteiger charge is -2.17. The zero-order valence-electron chi connectivity index (χ0n) is 10.5.